The molecule has 0 saturated carbocycles. The zero-order valence-corrected chi connectivity index (χ0v) is 5.35. The van der Waals surface area contributed by atoms with Gasteiger partial charge in [-0.1, -0.05) is 0 Å². The first-order valence-corrected chi connectivity index (χ1v) is 2.69. The smallest absolute Gasteiger partial charge is 0.263 e. The fourth-order valence-electron chi connectivity index (χ4n) is 0.466. The third-order valence-electron chi connectivity index (χ3n) is 1.14. The predicted molar refractivity (Wildman–Crippen MR) is 30.6 cm³/mol. The molecule has 1 heterocycles. The summed E-state index contributed by atoms with van der Waals surface area (Å²) in [7, 11) is 0. The second kappa shape index (κ2) is 2.42. The Bertz CT molecular complexity index is 218. The lowest BCUT2D eigenvalue weighted by Crippen LogP contribution is -2.17. The lowest BCUT2D eigenvalue weighted by Gasteiger charge is -2.02. The number of hydrogen-bond acceptors (Lipinski definition) is 4. The van der Waals surface area contributed by atoms with Crippen molar-refractivity contribution in [2.45, 2.75) is 13.0 Å². The van der Waals surface area contributed by atoms with Crippen LogP contribution in [0.25, 0.3) is 0 Å². The third kappa shape index (κ3) is 1.09. The maximum Gasteiger partial charge on any atom is 0.263 e. The number of carbonyl (C=O) groups excluding carboxylic acids is 1. The van der Waals surface area contributed by atoms with E-state index in [1.54, 1.807) is 6.92 Å². The van der Waals surface area contributed by atoms with Gasteiger partial charge < -0.3 is 0 Å². The number of carbonyl (C=O) groups is 1. The van der Waals surface area contributed by atoms with Crippen LogP contribution >= 0.6 is 0 Å². The monoisotopic (exact) mass is 140 g/mol. The van der Waals surface area contributed by atoms with E-state index in [1.807, 2.05) is 0 Å². The van der Waals surface area contributed by atoms with Gasteiger partial charge in [-0.3, -0.25) is 10.5 Å². The molecule has 1 aromatic rings. The molecule has 0 saturated heterocycles. The molecule has 1 N–H and O–H groups in total. The number of nitrogens with one attached hydrogen (secondary N) is 1. The lowest BCUT2D eigenvalue weighted by molar-refractivity contribution is -0.121. The van der Waals surface area contributed by atoms with Crippen molar-refractivity contribution in [1.29, 1.82) is 0 Å². The molecule has 0 aromatic carbocycles. The van der Waals surface area contributed by atoms with Crippen molar-refractivity contribution in [2.75, 3.05) is 0 Å². The second-order valence-corrected chi connectivity index (χ2v) is 1.83. The summed E-state index contributed by atoms with van der Waals surface area (Å²) >= 11 is 0. The van der Waals surface area contributed by atoms with Gasteiger partial charge in [0.1, 0.15) is 12.4 Å². The number of nitrogens with zero attached hydrogens (tertiary/aromatic N) is 4. The van der Waals surface area contributed by atoms with Gasteiger partial charge in [-0.15, -0.1) is 5.10 Å². The second-order valence-electron chi connectivity index (χ2n) is 1.83. The summed E-state index contributed by atoms with van der Waals surface area (Å²) in [4.78, 5) is 10.4. The number of hydrogen-bond donors (Lipinski definition) is 0. The fraction of sp³-hybridized carbons (Fsp3) is 0.500. The summed E-state index contributed by atoms with van der Waals surface area (Å²) in [6.07, 6.45) is 1.30. The molecule has 0 aliphatic rings. The topological polar surface area (TPSA) is 84.5 Å². The Balaban J connectivity index is 2.77. The van der Waals surface area contributed by atoms with E-state index in [4.69, 9.17) is 5.73 Å². The van der Waals surface area contributed by atoms with Gasteiger partial charge in [0.25, 0.3) is 5.91 Å². The normalized spacial score (nSPS) is 12.9. The number of amides is 1. The van der Waals surface area contributed by atoms with Gasteiger partial charge in [-0.2, -0.15) is 0 Å². The summed E-state index contributed by atoms with van der Waals surface area (Å²) in [6.45, 7) is 1.56. The third-order valence-corrected chi connectivity index (χ3v) is 1.14. The van der Waals surface area contributed by atoms with Crippen LogP contribution in [-0.4, -0.2) is 26.1 Å². The number of rotatable bonds is 2. The summed E-state index contributed by atoms with van der Waals surface area (Å²) in [5.74, 6) is -0.702. The molecule has 1 rings (SSSR count). The van der Waals surface area contributed by atoms with Gasteiger partial charge in [0.05, 0.1) is 0 Å². The van der Waals surface area contributed by atoms with E-state index in [0.717, 1.165) is 0 Å². The average Bonchev–Trinajstić information content (AvgIpc) is 2.36. The fourth-order valence-corrected chi connectivity index (χ4v) is 0.466. The van der Waals surface area contributed by atoms with Crippen molar-refractivity contribution in [3.63, 3.8) is 0 Å². The molecule has 1 atom stereocenters. The first-order valence-electron chi connectivity index (χ1n) is 2.69. The quantitative estimate of drug-likeness (QED) is 0.529. The zero-order valence-electron chi connectivity index (χ0n) is 5.35. The molecule has 1 unspecified atom stereocenters. The first-order chi connectivity index (χ1) is 4.72. The average molecular weight is 140 g/mol. The van der Waals surface area contributed by atoms with Crippen molar-refractivity contribution < 1.29 is 4.79 Å². The Labute approximate surface area is 57.0 Å². The van der Waals surface area contributed by atoms with Crippen molar-refractivity contribution >= 4 is 5.91 Å². The number of tetrazole rings is 1. The molecule has 1 radical (unpaired) electrons. The van der Waals surface area contributed by atoms with Crippen LogP contribution in [0, 0.1) is 0 Å². The van der Waals surface area contributed by atoms with Gasteiger partial charge in [-0.05, 0) is 17.4 Å². The van der Waals surface area contributed by atoms with Crippen LogP contribution in [0.5, 0.6) is 0 Å². The standard InChI is InChI=1S/C4H6N5O/c1-3(4(5)10)9-2-6-7-8-9/h2-3,5H,1H3. The Kier molecular flexibility index (Phi) is 1.61. The van der Waals surface area contributed by atoms with Gasteiger partial charge in [-0.25, -0.2) is 4.68 Å². The van der Waals surface area contributed by atoms with Gasteiger partial charge >= 0.3 is 0 Å². The zero-order chi connectivity index (χ0) is 7.56. The van der Waals surface area contributed by atoms with Crippen LogP contribution in [0.2, 0.25) is 0 Å². The molecule has 6 heteroatoms. The van der Waals surface area contributed by atoms with Crippen molar-refractivity contribution in [2.24, 2.45) is 0 Å². The van der Waals surface area contributed by atoms with E-state index in [1.165, 1.54) is 11.0 Å². The maximum absolute atomic E-state index is 10.4. The molecule has 0 bridgehead atoms. The van der Waals surface area contributed by atoms with Gasteiger partial charge in [0.15, 0.2) is 0 Å². The Morgan fingerprint density at radius 3 is 2.90 bits per heavy atom. The van der Waals surface area contributed by atoms with E-state index in [2.05, 4.69) is 15.5 Å². The molecule has 0 fully saturated rings. The highest BCUT2D eigenvalue weighted by Crippen LogP contribution is 1.98. The summed E-state index contributed by atoms with van der Waals surface area (Å²) in [5, 5.41) is 10.1. The number of aromatic nitrogens is 4. The van der Waals surface area contributed by atoms with Crippen molar-refractivity contribution in [3.8, 4) is 0 Å². The van der Waals surface area contributed by atoms with Crippen LogP contribution in [0.15, 0.2) is 6.33 Å². The molecular formula is C4H6N5O. The summed E-state index contributed by atoms with van der Waals surface area (Å²) in [5.41, 5.74) is 6.70. The van der Waals surface area contributed by atoms with Crippen LogP contribution < -0.4 is 5.73 Å². The predicted octanol–water partition coefficient (Wildman–Crippen LogP) is -0.956. The molecule has 0 aliphatic carbocycles. The minimum Gasteiger partial charge on any atom is -0.271 e. The highest BCUT2D eigenvalue weighted by Gasteiger charge is 2.11. The van der Waals surface area contributed by atoms with E-state index < -0.39 is 11.9 Å². The van der Waals surface area contributed by atoms with Gasteiger partial charge in [0.2, 0.25) is 0 Å². The molecule has 53 valence electrons. The van der Waals surface area contributed by atoms with Crippen LogP contribution in [0.3, 0.4) is 0 Å². The Morgan fingerprint density at radius 2 is 2.50 bits per heavy atom. The molecule has 1 aromatic heterocycles. The van der Waals surface area contributed by atoms with Crippen molar-refractivity contribution in [1.82, 2.24) is 25.9 Å². The Morgan fingerprint density at radius 1 is 1.80 bits per heavy atom. The molecular weight excluding hydrogens is 134 g/mol. The summed E-state index contributed by atoms with van der Waals surface area (Å²) < 4.78 is 1.23. The van der Waals surface area contributed by atoms with Crippen LogP contribution in [0.1, 0.15) is 13.0 Å². The minimum atomic E-state index is -0.702. The maximum atomic E-state index is 10.4. The van der Waals surface area contributed by atoms with E-state index in [9.17, 15) is 4.79 Å². The largest absolute Gasteiger partial charge is 0.271 e. The highest BCUT2D eigenvalue weighted by molar-refractivity contribution is 5.76. The molecule has 6 nitrogen and oxygen atoms in total. The summed E-state index contributed by atoms with van der Waals surface area (Å²) in [6, 6.07) is -0.588. The van der Waals surface area contributed by atoms with E-state index in [-0.39, 0.29) is 0 Å². The highest BCUT2D eigenvalue weighted by atomic mass is 16.1. The van der Waals surface area contributed by atoms with Crippen molar-refractivity contribution in [3.05, 3.63) is 6.33 Å². The van der Waals surface area contributed by atoms with E-state index in [0.29, 0.717) is 0 Å². The molecule has 0 aliphatic heterocycles. The molecule has 10 heavy (non-hydrogen) atoms. The minimum absolute atomic E-state index is 0.588. The van der Waals surface area contributed by atoms with Crippen LogP contribution in [0.4, 0.5) is 0 Å². The van der Waals surface area contributed by atoms with Gasteiger partial charge in [0, 0.05) is 0 Å². The lowest BCUT2D eigenvalue weighted by atomic mass is 10.3. The molecule has 1 amide bonds. The first kappa shape index (κ1) is 6.66. The Hall–Kier alpha value is -1.46. The molecule has 0 spiro atoms. The van der Waals surface area contributed by atoms with E-state index >= 15 is 0 Å². The van der Waals surface area contributed by atoms with Crippen LogP contribution in [-0.2, 0) is 4.79 Å². The SMILES string of the molecule is CC(C([NH])=O)n1cnnn1.